The zero-order chi connectivity index (χ0) is 29.6. The lowest BCUT2D eigenvalue weighted by Gasteiger charge is -2.51. The molecule has 3 aromatic carbocycles. The molecule has 0 saturated heterocycles. The van der Waals surface area contributed by atoms with Crippen LogP contribution >= 0.6 is 34.7 Å². The Morgan fingerprint density at radius 3 is 2.35 bits per heavy atom. The Morgan fingerprint density at radius 1 is 0.977 bits per heavy atom. The largest absolute Gasteiger partial charge is 0.352 e. The molecule has 3 atom stereocenters. The number of rotatable bonds is 7. The Morgan fingerprint density at radius 2 is 1.65 bits per heavy atom. The van der Waals surface area contributed by atoms with Crippen molar-refractivity contribution in [1.29, 1.82) is 0 Å². The summed E-state index contributed by atoms with van der Waals surface area (Å²) in [5, 5.41) is 9.70. The van der Waals surface area contributed by atoms with Crippen molar-refractivity contribution in [2.24, 2.45) is 5.92 Å². The lowest BCUT2D eigenvalue weighted by atomic mass is 9.58. The van der Waals surface area contributed by atoms with Gasteiger partial charge >= 0.3 is 0 Å². The summed E-state index contributed by atoms with van der Waals surface area (Å²) < 4.78 is -0.616. The number of thioether (sulfide) groups is 1. The minimum atomic E-state index is -0.616. The number of nitrogens with one attached hydrogen (secondary N) is 2. The van der Waals surface area contributed by atoms with Crippen molar-refractivity contribution >= 4 is 51.6 Å². The summed E-state index contributed by atoms with van der Waals surface area (Å²) in [5.41, 5.74) is 7.13. The Balaban J connectivity index is 1.06. The van der Waals surface area contributed by atoms with Crippen LogP contribution in [0.1, 0.15) is 83.4 Å². The van der Waals surface area contributed by atoms with Crippen LogP contribution < -0.4 is 10.6 Å². The molecule has 0 aliphatic heterocycles. The fourth-order valence-electron chi connectivity index (χ4n) is 7.58. The van der Waals surface area contributed by atoms with Gasteiger partial charge in [-0.05, 0) is 65.8 Å². The molecular formula is C35H34ClN3O2S2. The van der Waals surface area contributed by atoms with E-state index < -0.39 is 4.75 Å². The van der Waals surface area contributed by atoms with Crippen LogP contribution in [0.15, 0.2) is 78.2 Å². The minimum absolute atomic E-state index is 0.0114. The van der Waals surface area contributed by atoms with E-state index in [-0.39, 0.29) is 35.5 Å². The molecule has 1 saturated carbocycles. The van der Waals surface area contributed by atoms with E-state index in [0.29, 0.717) is 16.7 Å². The van der Waals surface area contributed by atoms with Crippen LogP contribution in [0.4, 0.5) is 5.13 Å². The van der Waals surface area contributed by atoms with E-state index in [2.05, 4.69) is 70.8 Å². The first kappa shape index (κ1) is 28.6. The van der Waals surface area contributed by atoms with E-state index in [1.54, 1.807) is 11.8 Å². The SMILES string of the molecule is CSC1(C(=O)Nc2nc(C3CCCC(C(=O)NCc4ccccc4Cl)C3)cs2)CC2c3ccccc3C1c1ccccc12. The zero-order valence-corrected chi connectivity index (χ0v) is 26.4. The first-order valence-corrected chi connectivity index (χ1v) is 17.5. The number of amides is 2. The summed E-state index contributed by atoms with van der Waals surface area (Å²) in [5.74, 6) is 0.432. The van der Waals surface area contributed by atoms with E-state index in [1.807, 2.05) is 24.3 Å². The lowest BCUT2D eigenvalue weighted by Crippen LogP contribution is -2.52. The van der Waals surface area contributed by atoms with Crippen molar-refractivity contribution in [3.63, 3.8) is 0 Å². The smallest absolute Gasteiger partial charge is 0.243 e. The normalized spacial score (nSPS) is 25.4. The number of aromatic nitrogens is 1. The fraction of sp³-hybridized carbons (Fsp3) is 0.343. The second kappa shape index (κ2) is 11.8. The van der Waals surface area contributed by atoms with Gasteiger partial charge in [-0.1, -0.05) is 84.8 Å². The van der Waals surface area contributed by atoms with E-state index in [1.165, 1.54) is 33.6 Å². The molecule has 3 unspecified atom stereocenters. The number of hydrogen-bond acceptors (Lipinski definition) is 5. The second-order valence-electron chi connectivity index (χ2n) is 11.9. The van der Waals surface area contributed by atoms with Crippen LogP contribution in [-0.4, -0.2) is 27.8 Å². The third-order valence-electron chi connectivity index (χ3n) is 9.70. The fourth-order valence-corrected chi connectivity index (χ4v) is 9.63. The maximum Gasteiger partial charge on any atom is 0.243 e. The van der Waals surface area contributed by atoms with Crippen molar-refractivity contribution in [1.82, 2.24) is 10.3 Å². The molecule has 1 heterocycles. The van der Waals surface area contributed by atoms with Crippen LogP contribution in [0.5, 0.6) is 0 Å². The van der Waals surface area contributed by atoms with Crippen LogP contribution in [-0.2, 0) is 16.1 Å². The van der Waals surface area contributed by atoms with Crippen LogP contribution in [0, 0.1) is 5.92 Å². The highest BCUT2D eigenvalue weighted by Gasteiger charge is 2.56. The monoisotopic (exact) mass is 627 g/mol. The van der Waals surface area contributed by atoms with Crippen molar-refractivity contribution in [2.75, 3.05) is 11.6 Å². The molecule has 4 aliphatic carbocycles. The lowest BCUT2D eigenvalue weighted by molar-refractivity contribution is -0.126. The summed E-state index contributed by atoms with van der Waals surface area (Å²) in [6, 6.07) is 24.9. The molecule has 2 amide bonds. The predicted molar refractivity (Wildman–Crippen MR) is 176 cm³/mol. The average molecular weight is 628 g/mol. The number of benzene rings is 3. The number of anilines is 1. The van der Waals surface area contributed by atoms with Crippen LogP contribution in [0.2, 0.25) is 5.02 Å². The third kappa shape index (κ3) is 5.09. The van der Waals surface area contributed by atoms with Gasteiger partial charge in [0, 0.05) is 40.6 Å². The van der Waals surface area contributed by atoms with E-state index in [9.17, 15) is 9.59 Å². The molecule has 8 heteroatoms. The highest BCUT2D eigenvalue weighted by molar-refractivity contribution is 8.00. The standard InChI is InChI=1S/C35H34ClN3O2S2/c1-42-35(18-28-24-12-3-5-14-26(24)31(35)27-15-6-4-13-25(27)28)33(41)39-34-38-30(20-43-34)21-10-8-11-22(17-21)32(40)37-19-23-9-2-7-16-29(23)36/h2-7,9,12-16,20-22,28,31H,8,10-11,17-19H2,1H3,(H,37,40)(H,38,39,41). The van der Waals surface area contributed by atoms with E-state index >= 15 is 0 Å². The molecule has 5 nitrogen and oxygen atoms in total. The van der Waals surface area contributed by atoms with Gasteiger partial charge in [0.15, 0.2) is 5.13 Å². The number of hydrogen-bond donors (Lipinski definition) is 2. The summed E-state index contributed by atoms with van der Waals surface area (Å²) in [4.78, 5) is 32.2. The molecule has 2 bridgehead atoms. The maximum atomic E-state index is 14.2. The molecule has 43 heavy (non-hydrogen) atoms. The van der Waals surface area contributed by atoms with Crippen molar-refractivity contribution in [2.45, 2.75) is 61.1 Å². The molecule has 0 spiro atoms. The van der Waals surface area contributed by atoms with E-state index in [0.717, 1.165) is 43.4 Å². The van der Waals surface area contributed by atoms with Crippen molar-refractivity contribution < 1.29 is 9.59 Å². The molecule has 4 aromatic rings. The Labute approximate surface area is 265 Å². The van der Waals surface area contributed by atoms with Crippen molar-refractivity contribution in [3.8, 4) is 0 Å². The first-order chi connectivity index (χ1) is 21.0. The highest BCUT2D eigenvalue weighted by Crippen LogP contribution is 2.61. The van der Waals surface area contributed by atoms with Gasteiger partial charge in [0.1, 0.15) is 4.75 Å². The number of thiazole rings is 1. The van der Waals surface area contributed by atoms with Gasteiger partial charge in [-0.2, -0.15) is 0 Å². The topological polar surface area (TPSA) is 71.1 Å². The summed E-state index contributed by atoms with van der Waals surface area (Å²) in [7, 11) is 0. The molecule has 1 aromatic heterocycles. The van der Waals surface area contributed by atoms with Gasteiger partial charge in [0.25, 0.3) is 0 Å². The number of carbonyl (C=O) groups is 2. The zero-order valence-electron chi connectivity index (χ0n) is 24.0. The third-order valence-corrected chi connectivity index (χ3v) is 12.2. The van der Waals surface area contributed by atoms with E-state index in [4.69, 9.17) is 16.6 Å². The van der Waals surface area contributed by atoms with Gasteiger partial charge in [0.05, 0.1) is 5.69 Å². The molecule has 2 N–H and O–H groups in total. The number of halogens is 1. The average Bonchev–Trinajstić information content (AvgIpc) is 3.52. The summed E-state index contributed by atoms with van der Waals surface area (Å²) >= 11 is 9.43. The Hall–Kier alpha value is -3.13. The first-order valence-electron chi connectivity index (χ1n) is 15.0. The van der Waals surface area contributed by atoms with Gasteiger partial charge in [-0.3, -0.25) is 9.59 Å². The molecule has 4 aliphatic rings. The predicted octanol–water partition coefficient (Wildman–Crippen LogP) is 8.11. The Kier molecular flexibility index (Phi) is 7.83. The summed E-state index contributed by atoms with van der Waals surface area (Å²) in [6.07, 6.45) is 6.45. The van der Waals surface area contributed by atoms with Gasteiger partial charge in [-0.15, -0.1) is 23.1 Å². The van der Waals surface area contributed by atoms with Gasteiger partial charge < -0.3 is 10.6 Å². The number of carbonyl (C=O) groups excluding carboxylic acids is 2. The number of fused-ring (bicyclic) bond motifs is 1. The van der Waals surface area contributed by atoms with Gasteiger partial charge in [-0.25, -0.2) is 4.98 Å². The molecular weight excluding hydrogens is 594 g/mol. The molecule has 1 fully saturated rings. The Bertz CT molecular complexity index is 1640. The maximum absolute atomic E-state index is 14.2. The highest BCUT2D eigenvalue weighted by atomic mass is 35.5. The van der Waals surface area contributed by atoms with Gasteiger partial charge in [0.2, 0.25) is 11.8 Å². The molecule has 0 radical (unpaired) electrons. The summed E-state index contributed by atoms with van der Waals surface area (Å²) in [6.45, 7) is 0.431. The number of nitrogens with zero attached hydrogens (tertiary/aromatic N) is 1. The van der Waals surface area contributed by atoms with Crippen molar-refractivity contribution in [3.05, 3.63) is 117 Å². The van der Waals surface area contributed by atoms with Crippen LogP contribution in [0.25, 0.3) is 0 Å². The minimum Gasteiger partial charge on any atom is -0.352 e. The quantitative estimate of drug-likeness (QED) is 0.217. The molecule has 8 rings (SSSR count). The molecule has 220 valence electrons. The van der Waals surface area contributed by atoms with Crippen LogP contribution in [0.3, 0.4) is 0 Å². The second-order valence-corrected chi connectivity index (χ2v) is 14.3.